The Morgan fingerprint density at radius 2 is 2.16 bits per heavy atom. The third kappa shape index (κ3) is 10.1. The summed E-state index contributed by atoms with van der Waals surface area (Å²) in [5, 5.41) is 11.9. The fraction of sp³-hybridized carbons (Fsp3) is 0.615. The van der Waals surface area contributed by atoms with Crippen LogP contribution in [0.25, 0.3) is 11.0 Å². The molecule has 244 valence electrons. The van der Waals surface area contributed by atoms with Crippen molar-refractivity contribution >= 4 is 50.8 Å². The Hall–Kier alpha value is -2.79. The number of aliphatic hydroxyl groups is 1. The van der Waals surface area contributed by atoms with Crippen LogP contribution >= 0.6 is 21.6 Å². The molecule has 0 saturated carbocycles. The number of aromatic nitrogens is 3. The fourth-order valence-electron chi connectivity index (χ4n) is 3.92. The molecule has 13 nitrogen and oxygen atoms in total. The third-order valence-electron chi connectivity index (χ3n) is 5.90. The Bertz CT molecular complexity index is 1420. The van der Waals surface area contributed by atoms with Gasteiger partial charge in [0.05, 0.1) is 30.0 Å². The van der Waals surface area contributed by atoms with Crippen molar-refractivity contribution in [2.24, 2.45) is 4.99 Å². The third-order valence-corrected chi connectivity index (χ3v) is 8.87. The van der Waals surface area contributed by atoms with E-state index in [4.69, 9.17) is 18.9 Å². The molecule has 0 unspecified atom stereocenters. The summed E-state index contributed by atoms with van der Waals surface area (Å²) in [5.41, 5.74) is 0.195. The predicted molar refractivity (Wildman–Crippen MR) is 161 cm³/mol. The van der Waals surface area contributed by atoms with Crippen LogP contribution in [0.1, 0.15) is 32.1 Å². The summed E-state index contributed by atoms with van der Waals surface area (Å²) in [5.74, 6) is 4.07. The molecule has 3 heterocycles. The van der Waals surface area contributed by atoms with Crippen LogP contribution in [0.3, 0.4) is 0 Å². The highest BCUT2D eigenvalue weighted by atomic mass is 33.1. The molecule has 3 atom stereocenters. The summed E-state index contributed by atoms with van der Waals surface area (Å²) in [6.07, 6.45) is -3.15. The Morgan fingerprint density at radius 3 is 2.82 bits per heavy atom. The van der Waals surface area contributed by atoms with Crippen LogP contribution in [0.2, 0.25) is 0 Å². The van der Waals surface area contributed by atoms with Crippen molar-refractivity contribution in [3.63, 3.8) is 0 Å². The highest BCUT2D eigenvalue weighted by Gasteiger charge is 2.39. The van der Waals surface area contributed by atoms with E-state index in [9.17, 15) is 27.9 Å². The molecule has 3 N–H and O–H groups in total. The van der Waals surface area contributed by atoms with Crippen LogP contribution in [0.4, 0.5) is 19.1 Å². The molecule has 0 spiro atoms. The predicted octanol–water partition coefficient (Wildman–Crippen LogP) is 2.38. The average Bonchev–Trinajstić information content (AvgIpc) is 3.53. The lowest BCUT2D eigenvalue weighted by molar-refractivity contribution is -0.173. The number of aliphatic imine (C=N–C) groups is 1. The van der Waals surface area contributed by atoms with Gasteiger partial charge >= 0.3 is 12.1 Å². The number of fused-ring (bicyclic) bond motifs is 1. The molecule has 1 fully saturated rings. The molecule has 2 aromatic rings. The SMILES string of the molecule is COCO[C@@H]1C[C@H](n2cc(C#CCOCSSC(C)(C)CNC(=O)C(F)(F)F)c3c(=O)[nH]c(/N=C\N(C)C)nc32)O[C@@H]1CO. The number of halogens is 3. The standard InChI is InChI=1S/C26H35F3N6O7S2/c1-25(2,12-30-23(38)26(27,28)29)44-43-15-40-8-6-7-16-10-35(19-9-17(41-14-39-5)18(11-36)42-19)21-20(16)22(37)33-24(32-21)31-13-34(3)4/h10,13,17-19,36H,8-9,11-12,14-15H2,1-5H3,(H,30,38)(H,32,33,37)/b31-13-/t17-,18-,19-/m1/s1. The number of carbonyl (C=O) groups is 1. The van der Waals surface area contributed by atoms with Gasteiger partial charge in [-0.15, -0.1) is 0 Å². The second-order valence-corrected chi connectivity index (χ2v) is 13.3. The van der Waals surface area contributed by atoms with Crippen LogP contribution in [0, 0.1) is 11.8 Å². The van der Waals surface area contributed by atoms with E-state index in [2.05, 4.69) is 26.8 Å². The number of H-pyrrole nitrogens is 1. The van der Waals surface area contributed by atoms with Crippen molar-refractivity contribution in [3.8, 4) is 11.8 Å². The lowest BCUT2D eigenvalue weighted by atomic mass is 10.2. The van der Waals surface area contributed by atoms with E-state index in [1.165, 1.54) is 35.0 Å². The molecular weight excluding hydrogens is 629 g/mol. The molecule has 3 rings (SSSR count). The Balaban J connectivity index is 1.72. The maximum absolute atomic E-state index is 13.1. The van der Waals surface area contributed by atoms with Crippen LogP contribution in [-0.2, 0) is 23.7 Å². The maximum atomic E-state index is 13.1. The summed E-state index contributed by atoms with van der Waals surface area (Å²) in [6.45, 7) is 2.95. The van der Waals surface area contributed by atoms with Crippen LogP contribution in [0.15, 0.2) is 16.0 Å². The molecular formula is C26H35F3N6O7S2. The van der Waals surface area contributed by atoms with Gasteiger partial charge in [0.25, 0.3) is 5.56 Å². The molecule has 1 saturated heterocycles. The smallest absolute Gasteiger partial charge is 0.394 e. The number of alkyl halides is 3. The van der Waals surface area contributed by atoms with Gasteiger partial charge in [-0.1, -0.05) is 33.4 Å². The lowest BCUT2D eigenvalue weighted by Gasteiger charge is -2.23. The number of carbonyl (C=O) groups excluding carboxylic acids is 1. The first-order valence-electron chi connectivity index (χ1n) is 13.2. The summed E-state index contributed by atoms with van der Waals surface area (Å²) < 4.78 is 60.4. The van der Waals surface area contributed by atoms with Crippen molar-refractivity contribution in [1.29, 1.82) is 0 Å². The number of nitrogens with one attached hydrogen (secondary N) is 2. The average molecular weight is 665 g/mol. The van der Waals surface area contributed by atoms with Crippen LogP contribution in [-0.4, -0.2) is 114 Å². The Morgan fingerprint density at radius 1 is 1.41 bits per heavy atom. The van der Waals surface area contributed by atoms with E-state index >= 15 is 0 Å². The van der Waals surface area contributed by atoms with Gasteiger partial charge in [-0.3, -0.25) is 14.6 Å². The van der Waals surface area contributed by atoms with Gasteiger partial charge in [0.2, 0.25) is 5.95 Å². The molecule has 2 aromatic heterocycles. The monoisotopic (exact) mass is 664 g/mol. The second-order valence-electron chi connectivity index (χ2n) is 10.3. The molecule has 1 amide bonds. The second kappa shape index (κ2) is 16.0. The zero-order valence-electron chi connectivity index (χ0n) is 24.8. The summed E-state index contributed by atoms with van der Waals surface area (Å²) in [6, 6.07) is 0. The molecule has 1 aliphatic heterocycles. The van der Waals surface area contributed by atoms with Gasteiger partial charge in [-0.25, -0.2) is 4.99 Å². The summed E-state index contributed by atoms with van der Waals surface area (Å²) in [7, 11) is 7.56. The zero-order valence-corrected chi connectivity index (χ0v) is 26.4. The minimum absolute atomic E-state index is 0.00145. The first kappa shape index (κ1) is 35.7. The molecule has 44 heavy (non-hydrogen) atoms. The number of ether oxygens (including phenoxy) is 4. The molecule has 1 aliphatic rings. The molecule has 18 heteroatoms. The van der Waals surface area contributed by atoms with E-state index in [0.717, 1.165) is 0 Å². The molecule has 0 aliphatic carbocycles. The summed E-state index contributed by atoms with van der Waals surface area (Å²) in [4.78, 5) is 37.2. The highest BCUT2D eigenvalue weighted by Crippen LogP contribution is 2.36. The van der Waals surface area contributed by atoms with E-state index < -0.39 is 40.8 Å². The number of amides is 1. The number of hydrogen-bond acceptors (Lipinski definition) is 11. The molecule has 0 aromatic carbocycles. The van der Waals surface area contributed by atoms with E-state index in [0.29, 0.717) is 12.0 Å². The van der Waals surface area contributed by atoms with Crippen molar-refractivity contribution in [3.05, 3.63) is 22.1 Å². The van der Waals surface area contributed by atoms with Gasteiger partial charge in [0.1, 0.15) is 31.7 Å². The largest absolute Gasteiger partial charge is 0.471 e. The Labute approximate surface area is 259 Å². The van der Waals surface area contributed by atoms with Crippen LogP contribution < -0.4 is 10.9 Å². The number of aliphatic hydroxyl groups excluding tert-OH is 1. The van der Waals surface area contributed by atoms with E-state index in [1.54, 1.807) is 43.6 Å². The first-order valence-corrected chi connectivity index (χ1v) is 15.5. The first-order chi connectivity index (χ1) is 20.8. The topological polar surface area (TPSA) is 153 Å². The number of rotatable bonds is 14. The molecule has 0 bridgehead atoms. The number of hydrogen-bond donors (Lipinski definition) is 3. The quantitative estimate of drug-likeness (QED) is 0.0682. The van der Waals surface area contributed by atoms with E-state index in [-0.39, 0.29) is 49.5 Å². The zero-order chi connectivity index (χ0) is 32.5. The lowest BCUT2D eigenvalue weighted by Crippen LogP contribution is -2.42. The normalized spacial score (nSPS) is 19.0. The van der Waals surface area contributed by atoms with Gasteiger partial charge < -0.3 is 38.8 Å². The highest BCUT2D eigenvalue weighted by molar-refractivity contribution is 8.77. The van der Waals surface area contributed by atoms with Gasteiger partial charge in [-0.2, -0.15) is 18.2 Å². The van der Waals surface area contributed by atoms with Gasteiger partial charge in [0.15, 0.2) is 5.65 Å². The van der Waals surface area contributed by atoms with Crippen molar-refractivity contribution in [1.82, 2.24) is 24.8 Å². The van der Waals surface area contributed by atoms with Gasteiger partial charge in [0, 0.05) is 45.1 Å². The van der Waals surface area contributed by atoms with Crippen molar-refractivity contribution in [2.75, 3.05) is 53.7 Å². The molecule has 0 radical (unpaired) electrons. The number of methoxy groups -OCH3 is 1. The van der Waals surface area contributed by atoms with E-state index in [1.807, 2.05) is 5.32 Å². The number of nitrogens with zero attached hydrogens (tertiary/aromatic N) is 4. The summed E-state index contributed by atoms with van der Waals surface area (Å²) >= 11 is 0. The minimum atomic E-state index is -4.93. The number of aromatic amines is 1. The van der Waals surface area contributed by atoms with Gasteiger partial charge in [-0.05, 0) is 13.8 Å². The van der Waals surface area contributed by atoms with Crippen LogP contribution in [0.5, 0.6) is 0 Å². The van der Waals surface area contributed by atoms with Crippen molar-refractivity contribution in [2.45, 2.75) is 49.6 Å². The fourth-order valence-corrected chi connectivity index (χ4v) is 6.05. The Kier molecular flexibility index (Phi) is 13.0. The minimum Gasteiger partial charge on any atom is -0.394 e. The van der Waals surface area contributed by atoms with Crippen molar-refractivity contribution < 1.29 is 42.0 Å². The maximum Gasteiger partial charge on any atom is 0.471 e.